The van der Waals surface area contributed by atoms with Gasteiger partial charge in [-0.25, -0.2) is 15.0 Å². The van der Waals surface area contributed by atoms with Crippen molar-refractivity contribution in [1.82, 2.24) is 44.9 Å². The minimum atomic E-state index is -3.07. The molecule has 0 fully saturated rings. The van der Waals surface area contributed by atoms with Crippen molar-refractivity contribution in [1.29, 1.82) is 0 Å². The van der Waals surface area contributed by atoms with E-state index in [1.54, 1.807) is 0 Å². The zero-order chi connectivity index (χ0) is 60.3. The molecule has 0 bridgehead atoms. The standard InChI is InChI=1S/C33H25N3OSi.C21H25N3OSi.C18H19N3OSi/c1-6-16-26(17-7-1)31-34-32(27-18-8-2-9-19-27)36-33(35-31)37-38(28-20-10-3-11-21-28,29-22-12-4-13-23-29)30-24-14-5-15-25-30;1-4-26(5-2,6-3)25-21-23-19(17-13-9-7-10-14-17)22-20(24-21)18-15-11-8-12-16-18;1-23(2,3)22-18-20-16(14-10-6-4-7-11-14)19-17(21-18)15-12-8-5-9-13-15/h1-25H;7-16H,4-6H2,1-3H3;4-13H,1-3H3. The summed E-state index contributed by atoms with van der Waals surface area (Å²) in [5, 5.41) is 3.33. The van der Waals surface area contributed by atoms with Crippen molar-refractivity contribution in [3.05, 3.63) is 273 Å². The molecule has 12 aromatic rings. The van der Waals surface area contributed by atoms with E-state index in [2.05, 4.69) is 138 Å². The maximum Gasteiger partial charge on any atom is 0.350 e. The lowest BCUT2D eigenvalue weighted by Crippen LogP contribution is -2.71. The first-order valence-electron chi connectivity index (χ1n) is 29.4. The molecule has 0 saturated heterocycles. The van der Waals surface area contributed by atoms with Gasteiger partial charge in [-0.15, -0.1) is 0 Å². The van der Waals surface area contributed by atoms with Crippen LogP contribution in [-0.2, 0) is 0 Å². The number of benzene rings is 9. The molecule has 87 heavy (non-hydrogen) atoms. The first-order valence-corrected chi connectivity index (χ1v) is 37.2. The van der Waals surface area contributed by atoms with E-state index in [1.807, 2.05) is 200 Å². The summed E-state index contributed by atoms with van der Waals surface area (Å²) < 4.78 is 19.6. The molecular formula is C72H69N9O3Si3. The first kappa shape index (κ1) is 60.2. The fourth-order valence-electron chi connectivity index (χ4n) is 9.77. The number of rotatable bonds is 18. The molecule has 0 spiro atoms. The zero-order valence-corrected chi connectivity index (χ0v) is 52.9. The Bertz CT molecular complexity index is 3780. The highest BCUT2D eigenvalue weighted by molar-refractivity contribution is 7.07. The van der Waals surface area contributed by atoms with E-state index >= 15 is 0 Å². The van der Waals surface area contributed by atoms with Crippen LogP contribution < -0.4 is 28.8 Å². The fourth-order valence-corrected chi connectivity index (χ4v) is 16.5. The van der Waals surface area contributed by atoms with Crippen molar-refractivity contribution in [2.24, 2.45) is 0 Å². The molecule has 12 rings (SSSR count). The summed E-state index contributed by atoms with van der Waals surface area (Å²) in [6.45, 7) is 13.0. The zero-order valence-electron chi connectivity index (χ0n) is 49.9. The van der Waals surface area contributed by atoms with Gasteiger partial charge in [-0.1, -0.05) is 294 Å². The minimum absolute atomic E-state index is 0.306. The van der Waals surface area contributed by atoms with Crippen LogP contribution in [0.5, 0.6) is 18.0 Å². The van der Waals surface area contributed by atoms with Gasteiger partial charge in [0.15, 0.2) is 34.9 Å². The van der Waals surface area contributed by atoms with Crippen LogP contribution in [0.2, 0.25) is 37.8 Å². The molecule has 0 aliphatic carbocycles. The SMILES string of the molecule is CC[Si](CC)(CC)Oc1nc(-c2ccccc2)nc(-c2ccccc2)n1.C[Si](C)(C)Oc1nc(-c2ccccc2)nc(-c2ccccc2)n1.c1ccc(-c2nc(O[Si](c3ccccc3)(c3ccccc3)c3ccccc3)nc(-c3ccccc3)n2)cc1. The molecule has 15 heteroatoms. The maximum atomic E-state index is 7.16. The second-order valence-electron chi connectivity index (χ2n) is 21.4. The van der Waals surface area contributed by atoms with Crippen molar-refractivity contribution in [2.45, 2.75) is 58.5 Å². The first-order chi connectivity index (χ1) is 42.5. The van der Waals surface area contributed by atoms with E-state index in [0.717, 1.165) is 67.1 Å². The van der Waals surface area contributed by atoms with E-state index in [1.165, 1.54) is 0 Å². The van der Waals surface area contributed by atoms with Crippen molar-refractivity contribution in [2.75, 3.05) is 0 Å². The molecule has 432 valence electrons. The Hall–Kier alpha value is -9.94. The summed E-state index contributed by atoms with van der Waals surface area (Å²) in [5.74, 6) is 3.72. The van der Waals surface area contributed by atoms with Gasteiger partial charge in [0.25, 0.3) is 8.32 Å². The molecule has 9 aromatic carbocycles. The lowest BCUT2D eigenvalue weighted by Gasteiger charge is -2.32. The van der Waals surface area contributed by atoms with E-state index < -0.39 is 25.0 Å². The average molecular weight is 1190 g/mol. The molecule has 0 amide bonds. The van der Waals surface area contributed by atoms with Crippen LogP contribution >= 0.6 is 0 Å². The normalized spacial score (nSPS) is 11.2. The Labute approximate surface area is 513 Å². The van der Waals surface area contributed by atoms with Gasteiger partial charge in [0, 0.05) is 33.4 Å². The molecule has 0 aliphatic rings. The summed E-state index contributed by atoms with van der Waals surface area (Å²) in [6, 6.07) is 95.3. The van der Waals surface area contributed by atoms with Gasteiger partial charge < -0.3 is 13.3 Å². The summed E-state index contributed by atoms with van der Waals surface area (Å²) in [7, 11) is -6.72. The smallest absolute Gasteiger partial charge is 0.350 e. The van der Waals surface area contributed by atoms with Crippen molar-refractivity contribution < 1.29 is 13.3 Å². The van der Waals surface area contributed by atoms with Crippen LogP contribution in [0.25, 0.3) is 68.3 Å². The molecule has 3 heterocycles. The lowest BCUT2D eigenvalue weighted by atomic mass is 10.2. The number of hydrogen-bond donors (Lipinski definition) is 0. The Morgan fingerprint density at radius 3 is 0.644 bits per heavy atom. The quantitative estimate of drug-likeness (QED) is 0.0596. The summed E-state index contributed by atoms with van der Waals surface area (Å²) in [5.41, 5.74) is 5.65. The Morgan fingerprint density at radius 1 is 0.241 bits per heavy atom. The fraction of sp³-hybridized carbons (Fsp3) is 0.125. The van der Waals surface area contributed by atoms with Gasteiger partial charge in [-0.3, -0.25) is 0 Å². The third-order valence-electron chi connectivity index (χ3n) is 14.5. The highest BCUT2D eigenvalue weighted by atomic mass is 28.4. The predicted octanol–water partition coefficient (Wildman–Crippen LogP) is 15.3. The van der Waals surface area contributed by atoms with Crippen molar-refractivity contribution >= 4 is 40.5 Å². The van der Waals surface area contributed by atoms with Crippen LogP contribution in [0, 0.1) is 0 Å². The van der Waals surface area contributed by atoms with Gasteiger partial charge in [0.2, 0.25) is 8.32 Å². The topological polar surface area (TPSA) is 144 Å². The minimum Gasteiger partial charge on any atom is -0.518 e. The Kier molecular flexibility index (Phi) is 19.9. The average Bonchev–Trinajstić information content (AvgIpc) is 1.19. The Morgan fingerprint density at radius 2 is 0.437 bits per heavy atom. The molecule has 12 nitrogen and oxygen atoms in total. The number of aromatic nitrogens is 9. The van der Waals surface area contributed by atoms with Crippen LogP contribution in [0.4, 0.5) is 0 Å². The maximum absolute atomic E-state index is 7.16. The van der Waals surface area contributed by atoms with Crippen LogP contribution in [0.1, 0.15) is 20.8 Å². The van der Waals surface area contributed by atoms with E-state index in [-0.39, 0.29) is 0 Å². The third-order valence-corrected chi connectivity index (χ3v) is 23.7. The molecule has 0 aliphatic heterocycles. The monoisotopic (exact) mass is 1190 g/mol. The largest absolute Gasteiger partial charge is 0.518 e. The number of nitrogens with zero attached hydrogens (tertiary/aromatic N) is 9. The van der Waals surface area contributed by atoms with E-state index in [4.69, 9.17) is 33.2 Å². The van der Waals surface area contributed by atoms with Gasteiger partial charge in [-0.05, 0) is 53.3 Å². The molecule has 0 N–H and O–H groups in total. The third kappa shape index (κ3) is 15.5. The molecular weight excluding hydrogens is 1120 g/mol. The highest BCUT2D eigenvalue weighted by Crippen LogP contribution is 2.29. The molecule has 0 unspecified atom stereocenters. The molecule has 0 saturated carbocycles. The summed E-state index contributed by atoms with van der Waals surface area (Å²) >= 11 is 0. The van der Waals surface area contributed by atoms with Gasteiger partial charge in [-0.2, -0.15) is 29.9 Å². The molecule has 0 atom stereocenters. The van der Waals surface area contributed by atoms with Crippen molar-refractivity contribution in [3.63, 3.8) is 0 Å². The molecule has 0 radical (unpaired) electrons. The summed E-state index contributed by atoms with van der Waals surface area (Å²) in [6.07, 6.45) is 0. The highest BCUT2D eigenvalue weighted by Gasteiger charge is 2.45. The van der Waals surface area contributed by atoms with Crippen LogP contribution in [-0.4, -0.2) is 69.8 Å². The van der Waals surface area contributed by atoms with Crippen LogP contribution in [0.3, 0.4) is 0 Å². The second-order valence-corrected chi connectivity index (χ2v) is 33.9. The van der Waals surface area contributed by atoms with Gasteiger partial charge in [0.1, 0.15) is 0 Å². The number of hydrogen-bond acceptors (Lipinski definition) is 12. The van der Waals surface area contributed by atoms with Gasteiger partial charge in [0.05, 0.1) is 0 Å². The predicted molar refractivity (Wildman–Crippen MR) is 359 cm³/mol. The molecule has 3 aromatic heterocycles. The Balaban J connectivity index is 0.000000151. The summed E-state index contributed by atoms with van der Waals surface area (Å²) in [4.78, 5) is 42.2. The van der Waals surface area contributed by atoms with Gasteiger partial charge >= 0.3 is 26.3 Å². The lowest BCUT2D eigenvalue weighted by molar-refractivity contribution is 0.487. The van der Waals surface area contributed by atoms with E-state index in [0.29, 0.717) is 53.0 Å². The second kappa shape index (κ2) is 28.8. The van der Waals surface area contributed by atoms with E-state index in [9.17, 15) is 0 Å². The van der Waals surface area contributed by atoms with Crippen molar-refractivity contribution in [3.8, 4) is 86.4 Å². The van der Waals surface area contributed by atoms with Crippen LogP contribution in [0.15, 0.2) is 273 Å².